The van der Waals surface area contributed by atoms with Crippen molar-refractivity contribution >= 4 is 5.91 Å². The Hall–Kier alpha value is -1.86. The van der Waals surface area contributed by atoms with E-state index in [1.54, 1.807) is 26.5 Å². The van der Waals surface area contributed by atoms with Gasteiger partial charge < -0.3 is 20.5 Å². The molecule has 1 fully saturated rings. The van der Waals surface area contributed by atoms with Crippen LogP contribution in [0, 0.1) is 0 Å². The van der Waals surface area contributed by atoms with E-state index in [1.807, 2.05) is 4.90 Å². The van der Waals surface area contributed by atoms with Crippen molar-refractivity contribution in [3.05, 3.63) is 18.0 Å². The van der Waals surface area contributed by atoms with Crippen LogP contribution in [0.25, 0.3) is 0 Å². The van der Waals surface area contributed by atoms with Gasteiger partial charge in [0.2, 0.25) is 5.91 Å². The van der Waals surface area contributed by atoms with Crippen molar-refractivity contribution in [1.29, 1.82) is 0 Å². The maximum atomic E-state index is 11.5. The van der Waals surface area contributed by atoms with Gasteiger partial charge in [0.25, 0.3) is 0 Å². The number of primary amides is 1. The largest absolute Gasteiger partial charge is 0.493 e. The molecular weight excluding hydrogens is 260 g/mol. The number of nitrogens with two attached hydrogens (primary N) is 1. The van der Waals surface area contributed by atoms with Crippen LogP contribution in [-0.4, -0.2) is 55.7 Å². The minimum absolute atomic E-state index is 0.332. The number of rotatable bonds is 5. The van der Waals surface area contributed by atoms with Gasteiger partial charge in [0.1, 0.15) is 11.7 Å². The quantitative estimate of drug-likeness (QED) is 0.745. The van der Waals surface area contributed by atoms with Crippen molar-refractivity contribution in [2.75, 3.05) is 33.9 Å². The Balaban J connectivity index is 2.22. The lowest BCUT2D eigenvalue weighted by molar-refractivity contribution is -0.124. The summed E-state index contributed by atoms with van der Waals surface area (Å²) in [5, 5.41) is 3.16. The zero-order chi connectivity index (χ0) is 14.5. The average Bonchev–Trinajstić information content (AvgIpc) is 2.47. The highest BCUT2D eigenvalue weighted by molar-refractivity contribution is 5.80. The zero-order valence-electron chi connectivity index (χ0n) is 11.8. The van der Waals surface area contributed by atoms with Crippen molar-refractivity contribution in [3.63, 3.8) is 0 Å². The minimum atomic E-state index is -0.334. The molecular formula is C13H20N4O3. The summed E-state index contributed by atoms with van der Waals surface area (Å²) in [5.41, 5.74) is 6.18. The molecule has 1 aliphatic heterocycles. The number of piperazine rings is 1. The Morgan fingerprint density at radius 3 is 3.00 bits per heavy atom. The van der Waals surface area contributed by atoms with Crippen LogP contribution >= 0.6 is 0 Å². The monoisotopic (exact) mass is 280 g/mol. The van der Waals surface area contributed by atoms with Crippen molar-refractivity contribution in [2.24, 2.45) is 5.73 Å². The highest BCUT2D eigenvalue weighted by Crippen LogP contribution is 2.30. The van der Waals surface area contributed by atoms with Crippen LogP contribution in [0.2, 0.25) is 0 Å². The Morgan fingerprint density at radius 1 is 1.55 bits per heavy atom. The predicted octanol–water partition coefficient (Wildman–Crippen LogP) is -0.642. The summed E-state index contributed by atoms with van der Waals surface area (Å²) in [7, 11) is 3.16. The summed E-state index contributed by atoms with van der Waals surface area (Å²) in [6, 6.07) is 1.41. The maximum Gasteiger partial charge on any atom is 0.236 e. The number of ether oxygens (including phenoxy) is 2. The van der Waals surface area contributed by atoms with Crippen molar-refractivity contribution < 1.29 is 14.3 Å². The topological polar surface area (TPSA) is 89.7 Å². The number of methoxy groups -OCH3 is 2. The summed E-state index contributed by atoms with van der Waals surface area (Å²) in [6.07, 6.45) is 1.66. The molecule has 0 spiro atoms. The Morgan fingerprint density at radius 2 is 2.35 bits per heavy atom. The second-order valence-corrected chi connectivity index (χ2v) is 4.59. The number of carbonyl (C=O) groups is 1. The van der Waals surface area contributed by atoms with Gasteiger partial charge in [-0.15, -0.1) is 0 Å². The molecule has 20 heavy (non-hydrogen) atoms. The molecule has 0 saturated carbocycles. The number of amides is 1. The number of nitrogens with zero attached hydrogens (tertiary/aromatic N) is 2. The standard InChI is InChI=1S/C13H20N4O3/c1-19-11-3-4-16-9(12(11)20-2)8-17-6-5-15-7-10(17)13(14)18/h3-4,10,15H,5-8H2,1-2H3,(H2,14,18). The minimum Gasteiger partial charge on any atom is -0.493 e. The fraction of sp³-hybridized carbons (Fsp3) is 0.538. The molecule has 2 rings (SSSR count). The normalized spacial score (nSPS) is 19.6. The van der Waals surface area contributed by atoms with Crippen LogP contribution in [-0.2, 0) is 11.3 Å². The summed E-state index contributed by atoms with van der Waals surface area (Å²) >= 11 is 0. The molecule has 1 unspecified atom stereocenters. The number of hydrogen-bond donors (Lipinski definition) is 2. The fourth-order valence-electron chi connectivity index (χ4n) is 2.37. The number of carbonyl (C=O) groups excluding carboxylic acids is 1. The lowest BCUT2D eigenvalue weighted by atomic mass is 10.1. The summed E-state index contributed by atoms with van der Waals surface area (Å²) < 4.78 is 10.6. The van der Waals surface area contributed by atoms with Crippen LogP contribution in [0.1, 0.15) is 5.69 Å². The molecule has 0 aliphatic carbocycles. The third kappa shape index (κ3) is 3.00. The first kappa shape index (κ1) is 14.5. The third-order valence-corrected chi connectivity index (χ3v) is 3.40. The highest BCUT2D eigenvalue weighted by atomic mass is 16.5. The fourth-order valence-corrected chi connectivity index (χ4v) is 2.37. The Labute approximate surface area is 118 Å². The second-order valence-electron chi connectivity index (χ2n) is 4.59. The van der Waals surface area contributed by atoms with Gasteiger partial charge in [-0.05, 0) is 0 Å². The summed E-state index contributed by atoms with van der Waals surface area (Å²) in [4.78, 5) is 17.8. The highest BCUT2D eigenvalue weighted by Gasteiger charge is 2.28. The van der Waals surface area contributed by atoms with E-state index in [-0.39, 0.29) is 11.9 Å². The molecule has 1 aliphatic rings. The zero-order valence-corrected chi connectivity index (χ0v) is 11.8. The smallest absolute Gasteiger partial charge is 0.236 e. The Kier molecular flexibility index (Phi) is 4.75. The van der Waals surface area contributed by atoms with Crippen molar-refractivity contribution in [2.45, 2.75) is 12.6 Å². The van der Waals surface area contributed by atoms with Crippen LogP contribution in [0.5, 0.6) is 11.5 Å². The molecule has 0 bridgehead atoms. The molecule has 3 N–H and O–H groups in total. The van der Waals surface area contributed by atoms with Gasteiger partial charge in [0, 0.05) is 38.4 Å². The van der Waals surface area contributed by atoms with Crippen molar-refractivity contribution in [3.8, 4) is 11.5 Å². The number of hydrogen-bond acceptors (Lipinski definition) is 6. The predicted molar refractivity (Wildman–Crippen MR) is 73.6 cm³/mol. The molecule has 0 aromatic carbocycles. The first-order chi connectivity index (χ1) is 9.67. The SMILES string of the molecule is COc1ccnc(CN2CCNCC2C(N)=O)c1OC. The van der Waals surface area contributed by atoms with Crippen LogP contribution < -0.4 is 20.5 Å². The first-order valence-corrected chi connectivity index (χ1v) is 6.47. The lowest BCUT2D eigenvalue weighted by Crippen LogP contribution is -2.56. The second kappa shape index (κ2) is 6.53. The van der Waals surface area contributed by atoms with Crippen molar-refractivity contribution in [1.82, 2.24) is 15.2 Å². The van der Waals surface area contributed by atoms with E-state index >= 15 is 0 Å². The molecule has 1 aromatic heterocycles. The van der Waals surface area contributed by atoms with Crippen LogP contribution in [0.15, 0.2) is 12.3 Å². The van der Waals surface area contributed by atoms with Gasteiger partial charge in [-0.3, -0.25) is 14.7 Å². The van der Waals surface area contributed by atoms with Gasteiger partial charge in [-0.2, -0.15) is 0 Å². The molecule has 1 saturated heterocycles. The summed E-state index contributed by atoms with van der Waals surface area (Å²) in [6.45, 7) is 2.60. The van der Waals surface area contributed by atoms with E-state index in [9.17, 15) is 4.79 Å². The van der Waals surface area contributed by atoms with E-state index in [2.05, 4.69) is 10.3 Å². The molecule has 7 nitrogen and oxygen atoms in total. The van der Waals surface area contributed by atoms with E-state index in [1.165, 1.54) is 0 Å². The first-order valence-electron chi connectivity index (χ1n) is 6.47. The van der Waals surface area contributed by atoms with Gasteiger partial charge >= 0.3 is 0 Å². The summed E-state index contributed by atoms with van der Waals surface area (Å²) in [5.74, 6) is 0.888. The van der Waals surface area contributed by atoms with E-state index in [4.69, 9.17) is 15.2 Å². The van der Waals surface area contributed by atoms with Crippen LogP contribution in [0.3, 0.4) is 0 Å². The molecule has 7 heteroatoms. The molecule has 0 radical (unpaired) electrons. The molecule has 110 valence electrons. The van der Waals surface area contributed by atoms with E-state index in [0.29, 0.717) is 24.6 Å². The van der Waals surface area contributed by atoms with Crippen LogP contribution in [0.4, 0.5) is 0 Å². The number of pyridine rings is 1. The number of nitrogens with one attached hydrogen (secondary N) is 1. The average molecular weight is 280 g/mol. The third-order valence-electron chi connectivity index (χ3n) is 3.40. The van der Waals surface area contributed by atoms with Gasteiger partial charge in [0.05, 0.1) is 14.2 Å². The van der Waals surface area contributed by atoms with E-state index in [0.717, 1.165) is 18.8 Å². The lowest BCUT2D eigenvalue weighted by Gasteiger charge is -2.34. The molecule has 1 atom stereocenters. The molecule has 1 amide bonds. The Bertz CT molecular complexity index is 481. The molecule has 2 heterocycles. The van der Waals surface area contributed by atoms with E-state index < -0.39 is 0 Å². The van der Waals surface area contributed by atoms with Gasteiger partial charge in [-0.25, -0.2) is 0 Å². The number of aromatic nitrogens is 1. The van der Waals surface area contributed by atoms with Gasteiger partial charge in [0.15, 0.2) is 11.5 Å². The van der Waals surface area contributed by atoms with Gasteiger partial charge in [-0.1, -0.05) is 0 Å². The maximum absolute atomic E-state index is 11.5. The molecule has 1 aromatic rings.